The van der Waals surface area contributed by atoms with E-state index in [4.69, 9.17) is 4.74 Å². The lowest BCUT2D eigenvalue weighted by atomic mass is 9.95. The first-order valence-electron chi connectivity index (χ1n) is 7.53. The van der Waals surface area contributed by atoms with Crippen LogP contribution in [0.15, 0.2) is 42.5 Å². The number of halogens is 1. The van der Waals surface area contributed by atoms with E-state index >= 15 is 0 Å². The molecule has 1 unspecified atom stereocenters. The molecule has 2 nitrogen and oxygen atoms in total. The van der Waals surface area contributed by atoms with Crippen LogP contribution in [-0.4, -0.2) is 13.2 Å². The normalized spacial score (nSPS) is 15.1. The SMILES string of the molecule is CCNC(c1ccc2c(c1)CCCO2)c1ccccc1I. The smallest absolute Gasteiger partial charge is 0.122 e. The van der Waals surface area contributed by atoms with Crippen LogP contribution in [-0.2, 0) is 6.42 Å². The Morgan fingerprint density at radius 1 is 1.24 bits per heavy atom. The third kappa shape index (κ3) is 3.24. The van der Waals surface area contributed by atoms with Gasteiger partial charge >= 0.3 is 0 Å². The molecule has 1 aliphatic heterocycles. The molecular formula is C18H20INO. The van der Waals surface area contributed by atoms with Gasteiger partial charge in [-0.15, -0.1) is 0 Å². The van der Waals surface area contributed by atoms with Gasteiger partial charge in [-0.2, -0.15) is 0 Å². The Balaban J connectivity index is 1.99. The van der Waals surface area contributed by atoms with E-state index in [9.17, 15) is 0 Å². The van der Waals surface area contributed by atoms with Gasteiger partial charge in [-0.25, -0.2) is 0 Å². The van der Waals surface area contributed by atoms with Crippen molar-refractivity contribution in [3.8, 4) is 5.75 Å². The Labute approximate surface area is 140 Å². The summed E-state index contributed by atoms with van der Waals surface area (Å²) in [5, 5.41) is 3.62. The largest absolute Gasteiger partial charge is 0.493 e. The molecule has 0 amide bonds. The fourth-order valence-corrected chi connectivity index (χ4v) is 3.58. The highest BCUT2D eigenvalue weighted by Crippen LogP contribution is 2.31. The van der Waals surface area contributed by atoms with Crippen molar-refractivity contribution in [2.24, 2.45) is 0 Å². The van der Waals surface area contributed by atoms with Crippen molar-refractivity contribution in [3.63, 3.8) is 0 Å². The van der Waals surface area contributed by atoms with E-state index in [1.165, 1.54) is 20.3 Å². The number of aryl methyl sites for hydroxylation is 1. The van der Waals surface area contributed by atoms with Gasteiger partial charge in [0.1, 0.15) is 5.75 Å². The fourth-order valence-electron chi connectivity index (χ4n) is 2.88. The summed E-state index contributed by atoms with van der Waals surface area (Å²) in [6, 6.07) is 15.5. The summed E-state index contributed by atoms with van der Waals surface area (Å²) in [6.45, 7) is 3.95. The van der Waals surface area contributed by atoms with Crippen LogP contribution in [0.1, 0.15) is 36.1 Å². The molecule has 3 heteroatoms. The van der Waals surface area contributed by atoms with Crippen molar-refractivity contribution >= 4 is 22.6 Å². The summed E-state index contributed by atoms with van der Waals surface area (Å²) in [6.07, 6.45) is 2.24. The Morgan fingerprint density at radius 2 is 2.10 bits per heavy atom. The van der Waals surface area contributed by atoms with Gasteiger partial charge < -0.3 is 10.1 Å². The van der Waals surface area contributed by atoms with Crippen LogP contribution in [0.5, 0.6) is 5.75 Å². The average Bonchev–Trinajstić information content (AvgIpc) is 2.53. The summed E-state index contributed by atoms with van der Waals surface area (Å²) in [7, 11) is 0. The lowest BCUT2D eigenvalue weighted by Gasteiger charge is -2.23. The van der Waals surface area contributed by atoms with Gasteiger partial charge in [-0.3, -0.25) is 0 Å². The summed E-state index contributed by atoms with van der Waals surface area (Å²) in [5.74, 6) is 1.06. The monoisotopic (exact) mass is 393 g/mol. The second kappa shape index (κ2) is 6.79. The van der Waals surface area contributed by atoms with Gasteiger partial charge in [0, 0.05) is 3.57 Å². The molecule has 2 aromatic carbocycles. The maximum atomic E-state index is 5.73. The molecule has 0 aromatic heterocycles. The van der Waals surface area contributed by atoms with Gasteiger partial charge in [0.05, 0.1) is 12.6 Å². The van der Waals surface area contributed by atoms with E-state index in [2.05, 4.69) is 77.3 Å². The Bertz CT molecular complexity index is 626. The molecule has 1 N–H and O–H groups in total. The third-order valence-corrected chi connectivity index (χ3v) is 4.87. The molecule has 3 rings (SSSR count). The number of hydrogen-bond acceptors (Lipinski definition) is 2. The first kappa shape index (κ1) is 14.9. The number of hydrogen-bond donors (Lipinski definition) is 1. The topological polar surface area (TPSA) is 21.3 Å². The van der Waals surface area contributed by atoms with Crippen LogP contribution in [0.3, 0.4) is 0 Å². The minimum absolute atomic E-state index is 0.246. The maximum absolute atomic E-state index is 5.73. The zero-order valence-corrected chi connectivity index (χ0v) is 14.4. The highest BCUT2D eigenvalue weighted by Gasteiger charge is 2.18. The standard InChI is InChI=1S/C18H20INO/c1-2-20-18(15-7-3-4-8-16(15)19)14-9-10-17-13(12-14)6-5-11-21-17/h3-4,7-10,12,18,20H,2,5-6,11H2,1H3. The first-order chi connectivity index (χ1) is 10.3. The van der Waals surface area contributed by atoms with Gasteiger partial charge in [-0.1, -0.05) is 37.3 Å². The van der Waals surface area contributed by atoms with E-state index < -0.39 is 0 Å². The zero-order valence-electron chi connectivity index (χ0n) is 12.2. The predicted octanol–water partition coefficient (Wildman–Crippen LogP) is 4.32. The van der Waals surface area contributed by atoms with Crippen LogP contribution in [0.25, 0.3) is 0 Å². The third-order valence-electron chi connectivity index (χ3n) is 3.89. The van der Waals surface area contributed by atoms with Crippen molar-refractivity contribution in [2.75, 3.05) is 13.2 Å². The highest BCUT2D eigenvalue weighted by atomic mass is 127. The van der Waals surface area contributed by atoms with Crippen LogP contribution in [0.4, 0.5) is 0 Å². The van der Waals surface area contributed by atoms with Crippen molar-refractivity contribution in [1.29, 1.82) is 0 Å². The van der Waals surface area contributed by atoms with E-state index in [-0.39, 0.29) is 6.04 Å². The number of ether oxygens (including phenoxy) is 1. The lowest BCUT2D eigenvalue weighted by molar-refractivity contribution is 0.288. The molecule has 2 aromatic rings. The molecule has 0 saturated carbocycles. The summed E-state index contributed by atoms with van der Waals surface area (Å²) in [5.41, 5.74) is 4.01. The number of benzene rings is 2. The van der Waals surface area contributed by atoms with Crippen LogP contribution in [0.2, 0.25) is 0 Å². The molecule has 1 heterocycles. The molecule has 0 spiro atoms. The minimum atomic E-state index is 0.246. The molecule has 0 aliphatic carbocycles. The lowest BCUT2D eigenvalue weighted by Crippen LogP contribution is -2.23. The van der Waals surface area contributed by atoms with Gasteiger partial charge in [0.15, 0.2) is 0 Å². The molecule has 0 bridgehead atoms. The quantitative estimate of drug-likeness (QED) is 0.782. The van der Waals surface area contributed by atoms with Crippen LogP contribution >= 0.6 is 22.6 Å². The Kier molecular flexibility index (Phi) is 4.80. The first-order valence-corrected chi connectivity index (χ1v) is 8.61. The molecular weight excluding hydrogens is 373 g/mol. The van der Waals surface area contributed by atoms with Crippen LogP contribution < -0.4 is 10.1 Å². The molecule has 0 saturated heterocycles. The number of fused-ring (bicyclic) bond motifs is 1. The van der Waals surface area contributed by atoms with E-state index in [1.54, 1.807) is 0 Å². The molecule has 1 atom stereocenters. The second-order valence-corrected chi connectivity index (χ2v) is 6.49. The second-order valence-electron chi connectivity index (χ2n) is 5.33. The fraction of sp³-hybridized carbons (Fsp3) is 0.333. The molecule has 1 aliphatic rings. The molecule has 0 radical (unpaired) electrons. The van der Waals surface area contributed by atoms with Crippen LogP contribution in [0, 0.1) is 3.57 Å². The van der Waals surface area contributed by atoms with Gasteiger partial charge in [0.25, 0.3) is 0 Å². The Morgan fingerprint density at radius 3 is 2.90 bits per heavy atom. The summed E-state index contributed by atoms with van der Waals surface area (Å²) >= 11 is 2.42. The Hall–Kier alpha value is -1.07. The minimum Gasteiger partial charge on any atom is -0.493 e. The van der Waals surface area contributed by atoms with Crippen molar-refractivity contribution in [1.82, 2.24) is 5.32 Å². The molecule has 0 fully saturated rings. The number of rotatable bonds is 4. The van der Waals surface area contributed by atoms with Crippen molar-refractivity contribution in [3.05, 3.63) is 62.7 Å². The predicted molar refractivity (Wildman–Crippen MR) is 94.9 cm³/mol. The average molecular weight is 393 g/mol. The summed E-state index contributed by atoms with van der Waals surface area (Å²) in [4.78, 5) is 0. The van der Waals surface area contributed by atoms with Crippen molar-refractivity contribution < 1.29 is 4.74 Å². The molecule has 21 heavy (non-hydrogen) atoms. The zero-order chi connectivity index (χ0) is 14.7. The maximum Gasteiger partial charge on any atom is 0.122 e. The summed E-state index contributed by atoms with van der Waals surface area (Å²) < 4.78 is 7.03. The number of nitrogens with one attached hydrogen (secondary N) is 1. The van der Waals surface area contributed by atoms with Gasteiger partial charge in [-0.05, 0) is 70.8 Å². The van der Waals surface area contributed by atoms with E-state index in [0.717, 1.165) is 31.7 Å². The van der Waals surface area contributed by atoms with Gasteiger partial charge in [0.2, 0.25) is 0 Å². The van der Waals surface area contributed by atoms with Crippen molar-refractivity contribution in [2.45, 2.75) is 25.8 Å². The van der Waals surface area contributed by atoms with E-state index in [1.807, 2.05) is 0 Å². The van der Waals surface area contributed by atoms with E-state index in [0.29, 0.717) is 0 Å². The highest BCUT2D eigenvalue weighted by molar-refractivity contribution is 14.1. The molecule has 110 valence electrons.